The Morgan fingerprint density at radius 3 is 2.17 bits per heavy atom. The molecule has 1 amide bonds. The molecule has 148 valence electrons. The van der Waals surface area contributed by atoms with Gasteiger partial charge in [-0.15, -0.1) is 0 Å². The third kappa shape index (κ3) is 5.59. The molecule has 6 heteroatoms. The number of hydrogen-bond donors (Lipinski definition) is 2. The van der Waals surface area contributed by atoms with E-state index in [1.165, 1.54) is 6.07 Å². The van der Waals surface area contributed by atoms with E-state index in [-0.39, 0.29) is 17.9 Å². The summed E-state index contributed by atoms with van der Waals surface area (Å²) in [4.78, 5) is 12.5. The molecule has 0 aromatic heterocycles. The van der Waals surface area contributed by atoms with E-state index < -0.39 is 11.7 Å². The molecule has 0 unspecified atom stereocenters. The lowest BCUT2D eigenvalue weighted by atomic mass is 10.1. The first-order valence-electron chi connectivity index (χ1n) is 9.05. The van der Waals surface area contributed by atoms with Crippen LogP contribution in [0.25, 0.3) is 5.70 Å². The first-order chi connectivity index (χ1) is 14.1. The second kappa shape index (κ2) is 9.94. The quantitative estimate of drug-likeness (QED) is 0.424. The molecule has 0 saturated heterocycles. The Morgan fingerprint density at radius 1 is 0.793 bits per heavy atom. The highest BCUT2D eigenvalue weighted by atomic mass is 19.1. The van der Waals surface area contributed by atoms with Gasteiger partial charge in [0.15, 0.2) is 0 Å². The molecule has 3 aromatic rings. The summed E-state index contributed by atoms with van der Waals surface area (Å²) in [5.41, 5.74) is 6.00. The molecule has 0 saturated carbocycles. The largest absolute Gasteiger partial charge is 0.490 e. The molecule has 29 heavy (non-hydrogen) atoms. The lowest BCUT2D eigenvalue weighted by molar-refractivity contribution is 0.0937. The fourth-order valence-corrected chi connectivity index (χ4v) is 2.58. The van der Waals surface area contributed by atoms with E-state index in [4.69, 9.17) is 9.47 Å². The van der Waals surface area contributed by atoms with E-state index in [1.807, 2.05) is 30.3 Å². The van der Waals surface area contributed by atoms with Crippen molar-refractivity contribution in [2.75, 3.05) is 13.2 Å². The maximum absolute atomic E-state index is 13.8. The highest BCUT2D eigenvalue weighted by Gasteiger charge is 2.13. The highest BCUT2D eigenvalue weighted by Crippen LogP contribution is 2.18. The minimum absolute atomic E-state index is 0.242. The number of carbonyl (C=O) groups is 1. The number of carbonyl (C=O) groups excluding carboxylic acids is 1. The summed E-state index contributed by atoms with van der Waals surface area (Å²) in [5.74, 6) is 0.307. The zero-order valence-electron chi connectivity index (χ0n) is 15.7. The van der Waals surface area contributed by atoms with Crippen LogP contribution >= 0.6 is 0 Å². The molecule has 0 atom stereocenters. The molecular weight excluding hydrogens is 371 g/mol. The minimum atomic E-state index is -0.429. The molecular formula is C23H21FN2O3. The molecule has 0 fully saturated rings. The lowest BCUT2D eigenvalue weighted by Gasteiger charge is -2.14. The number of amides is 1. The molecule has 5 nitrogen and oxygen atoms in total. The van der Waals surface area contributed by atoms with E-state index in [0.29, 0.717) is 17.9 Å². The Balaban J connectivity index is 1.54. The number of para-hydroxylation sites is 2. The van der Waals surface area contributed by atoms with Crippen molar-refractivity contribution >= 4 is 11.6 Å². The summed E-state index contributed by atoms with van der Waals surface area (Å²) in [5, 5.41) is 0. The monoisotopic (exact) mass is 392 g/mol. The molecule has 0 spiro atoms. The number of benzene rings is 3. The Morgan fingerprint density at radius 2 is 1.41 bits per heavy atom. The molecule has 0 aliphatic heterocycles. The van der Waals surface area contributed by atoms with Crippen molar-refractivity contribution in [1.29, 1.82) is 0 Å². The first kappa shape index (κ1) is 19.9. The third-order valence-corrected chi connectivity index (χ3v) is 4.01. The van der Waals surface area contributed by atoms with E-state index in [2.05, 4.69) is 17.4 Å². The average Bonchev–Trinajstić information content (AvgIpc) is 2.76. The standard InChI is InChI=1S/C23H21FN2O3/c1-17(19-11-5-7-13-21(19)24)25-26-23(27)20-12-6-8-14-22(20)29-16-15-28-18-9-3-2-4-10-18/h2-14,25H,1,15-16H2,(H,26,27). The summed E-state index contributed by atoms with van der Waals surface area (Å²) < 4.78 is 25.1. The number of rotatable bonds is 9. The second-order valence-electron chi connectivity index (χ2n) is 6.04. The van der Waals surface area contributed by atoms with Crippen LogP contribution in [0.1, 0.15) is 15.9 Å². The Kier molecular flexibility index (Phi) is 6.84. The summed E-state index contributed by atoms with van der Waals surface area (Å²) in [6.45, 7) is 4.36. The van der Waals surface area contributed by atoms with Gasteiger partial charge >= 0.3 is 0 Å². The fraction of sp³-hybridized carbons (Fsp3) is 0.0870. The van der Waals surface area contributed by atoms with Crippen molar-refractivity contribution < 1.29 is 18.7 Å². The van der Waals surface area contributed by atoms with Crippen molar-refractivity contribution in [3.05, 3.63) is 102 Å². The predicted octanol–water partition coefficient (Wildman–Crippen LogP) is 4.19. The number of ether oxygens (including phenoxy) is 2. The van der Waals surface area contributed by atoms with Gasteiger partial charge in [0.25, 0.3) is 5.91 Å². The van der Waals surface area contributed by atoms with Crippen LogP contribution in [0.3, 0.4) is 0 Å². The van der Waals surface area contributed by atoms with Crippen molar-refractivity contribution in [2.24, 2.45) is 0 Å². The maximum atomic E-state index is 13.8. The zero-order valence-corrected chi connectivity index (χ0v) is 15.7. The van der Waals surface area contributed by atoms with Gasteiger partial charge in [-0.05, 0) is 36.4 Å². The molecule has 0 aliphatic rings. The van der Waals surface area contributed by atoms with Crippen LogP contribution < -0.4 is 20.3 Å². The van der Waals surface area contributed by atoms with Crippen molar-refractivity contribution in [3.63, 3.8) is 0 Å². The van der Waals surface area contributed by atoms with E-state index in [9.17, 15) is 9.18 Å². The average molecular weight is 392 g/mol. The van der Waals surface area contributed by atoms with E-state index in [1.54, 1.807) is 42.5 Å². The second-order valence-corrected chi connectivity index (χ2v) is 6.04. The number of nitrogens with one attached hydrogen (secondary N) is 2. The van der Waals surface area contributed by atoms with Crippen LogP contribution in [0.5, 0.6) is 11.5 Å². The van der Waals surface area contributed by atoms with Gasteiger partial charge in [-0.1, -0.05) is 49.0 Å². The Bertz CT molecular complexity index is 977. The van der Waals surface area contributed by atoms with Gasteiger partial charge in [-0.2, -0.15) is 0 Å². The summed E-state index contributed by atoms with van der Waals surface area (Å²) in [6, 6.07) is 22.4. The van der Waals surface area contributed by atoms with Crippen molar-refractivity contribution in [3.8, 4) is 11.5 Å². The van der Waals surface area contributed by atoms with Gasteiger partial charge in [-0.25, -0.2) is 4.39 Å². The Labute approximate surface area is 168 Å². The number of hydrazine groups is 1. The molecule has 0 bridgehead atoms. The molecule has 0 aliphatic carbocycles. The highest BCUT2D eigenvalue weighted by molar-refractivity contribution is 5.97. The molecule has 0 heterocycles. The molecule has 2 N–H and O–H groups in total. The van der Waals surface area contributed by atoms with Gasteiger partial charge in [0.1, 0.15) is 30.5 Å². The lowest BCUT2D eigenvalue weighted by Crippen LogP contribution is -2.36. The van der Waals surface area contributed by atoms with Crippen LogP contribution in [0.4, 0.5) is 4.39 Å². The molecule has 3 aromatic carbocycles. The van der Waals surface area contributed by atoms with Crippen LogP contribution in [0, 0.1) is 5.82 Å². The third-order valence-electron chi connectivity index (χ3n) is 4.01. The normalized spacial score (nSPS) is 10.1. The van der Waals surface area contributed by atoms with Crippen molar-refractivity contribution in [2.45, 2.75) is 0 Å². The van der Waals surface area contributed by atoms with Crippen LogP contribution in [-0.4, -0.2) is 19.1 Å². The fourth-order valence-electron chi connectivity index (χ4n) is 2.58. The molecule has 0 radical (unpaired) electrons. The van der Waals surface area contributed by atoms with E-state index in [0.717, 1.165) is 5.75 Å². The van der Waals surface area contributed by atoms with Crippen LogP contribution in [0.2, 0.25) is 0 Å². The van der Waals surface area contributed by atoms with Gasteiger partial charge in [0, 0.05) is 5.56 Å². The summed E-state index contributed by atoms with van der Waals surface area (Å²) >= 11 is 0. The van der Waals surface area contributed by atoms with Gasteiger partial charge in [0.05, 0.1) is 11.3 Å². The molecule has 3 rings (SSSR count). The van der Waals surface area contributed by atoms with Crippen LogP contribution in [0.15, 0.2) is 85.4 Å². The van der Waals surface area contributed by atoms with Gasteiger partial charge in [-0.3, -0.25) is 15.6 Å². The topological polar surface area (TPSA) is 59.6 Å². The maximum Gasteiger partial charge on any atom is 0.273 e. The summed E-state index contributed by atoms with van der Waals surface area (Å²) in [7, 11) is 0. The van der Waals surface area contributed by atoms with E-state index >= 15 is 0 Å². The van der Waals surface area contributed by atoms with Gasteiger partial charge in [0.2, 0.25) is 0 Å². The summed E-state index contributed by atoms with van der Waals surface area (Å²) in [6.07, 6.45) is 0. The smallest absolute Gasteiger partial charge is 0.273 e. The number of hydrogen-bond acceptors (Lipinski definition) is 4. The zero-order chi connectivity index (χ0) is 20.5. The SMILES string of the molecule is C=C(NNC(=O)c1ccccc1OCCOc1ccccc1)c1ccccc1F. The van der Waals surface area contributed by atoms with Crippen molar-refractivity contribution in [1.82, 2.24) is 10.9 Å². The van der Waals surface area contributed by atoms with Crippen LogP contribution in [-0.2, 0) is 0 Å². The van der Waals surface area contributed by atoms with Gasteiger partial charge < -0.3 is 9.47 Å². The Hall–Kier alpha value is -3.80. The predicted molar refractivity (Wildman–Crippen MR) is 110 cm³/mol. The minimum Gasteiger partial charge on any atom is -0.490 e. The number of halogens is 1. The first-order valence-corrected chi connectivity index (χ1v) is 9.05.